The third-order valence-corrected chi connectivity index (χ3v) is 7.97. The van der Waals surface area contributed by atoms with Gasteiger partial charge in [0.05, 0.1) is 8.80 Å². The van der Waals surface area contributed by atoms with Crippen molar-refractivity contribution in [3.05, 3.63) is 0 Å². The van der Waals surface area contributed by atoms with Gasteiger partial charge in [-0.2, -0.15) is 0 Å². The van der Waals surface area contributed by atoms with Crippen LogP contribution in [-0.4, -0.2) is 45.0 Å². The van der Waals surface area contributed by atoms with Gasteiger partial charge in [0.15, 0.2) is 0 Å². The Morgan fingerprint density at radius 3 is 2.36 bits per heavy atom. The number of hydrogen-bond donors (Lipinski definition) is 1. The lowest BCUT2D eigenvalue weighted by Gasteiger charge is -2.28. The van der Waals surface area contributed by atoms with E-state index in [9.17, 15) is 0 Å². The molecule has 1 fully saturated rings. The van der Waals surface area contributed by atoms with Crippen molar-refractivity contribution >= 4 is 8.80 Å². The molecular weight excluding hydrogens is 188 g/mol. The largest absolute Gasteiger partial charge is 0.315 e. The quantitative estimate of drug-likeness (QED) is 0.697. The summed E-state index contributed by atoms with van der Waals surface area (Å²) in [5, 5.41) is 4.16. The van der Waals surface area contributed by atoms with Crippen LogP contribution in [0.2, 0.25) is 12.1 Å². The summed E-state index contributed by atoms with van der Waals surface area (Å²) in [5.41, 5.74) is 0. The molecule has 0 aromatic heterocycles. The molecule has 0 radical (unpaired) electrons. The molecule has 1 N–H and O–H groups in total. The van der Waals surface area contributed by atoms with Crippen LogP contribution in [0.25, 0.3) is 0 Å². The number of nitrogens with zero attached hydrogens (tertiary/aromatic N) is 1. The second-order valence-corrected chi connectivity index (χ2v) is 8.94. The van der Waals surface area contributed by atoms with Crippen molar-refractivity contribution in [2.24, 2.45) is 0 Å². The number of nitrogens with one attached hydrogen (secondary N) is 1. The Bertz CT molecular complexity index is 167. The third-order valence-electron chi connectivity index (χ3n) is 3.78. The molecule has 1 aliphatic rings. The van der Waals surface area contributed by atoms with Gasteiger partial charge in [0.2, 0.25) is 0 Å². The molecule has 0 amide bonds. The zero-order chi connectivity index (χ0) is 10.6. The first-order valence-electron chi connectivity index (χ1n) is 6.07. The minimum atomic E-state index is -0.527. The van der Waals surface area contributed by atoms with E-state index in [2.05, 4.69) is 37.9 Å². The van der Waals surface area contributed by atoms with Gasteiger partial charge in [0, 0.05) is 5.16 Å². The summed E-state index contributed by atoms with van der Waals surface area (Å²) in [5.74, 6) is 0. The lowest BCUT2D eigenvalue weighted by atomic mass is 10.4. The maximum absolute atomic E-state index is 3.65. The van der Waals surface area contributed by atoms with Crippen molar-refractivity contribution in [2.75, 3.05) is 26.2 Å². The highest BCUT2D eigenvalue weighted by Crippen LogP contribution is 2.21. The molecular formula is C11H26N2Si. The van der Waals surface area contributed by atoms with Crippen LogP contribution in [0, 0.1) is 0 Å². The topological polar surface area (TPSA) is 15.3 Å². The maximum atomic E-state index is 3.65. The van der Waals surface area contributed by atoms with Crippen molar-refractivity contribution in [3.8, 4) is 0 Å². The molecule has 1 heterocycles. The Hall–Kier alpha value is 0.137. The maximum Gasteiger partial charge on any atom is 0.0623 e. The van der Waals surface area contributed by atoms with Gasteiger partial charge in [-0.05, 0) is 38.3 Å². The van der Waals surface area contributed by atoms with Crippen molar-refractivity contribution in [1.82, 2.24) is 10.2 Å². The van der Waals surface area contributed by atoms with Crippen LogP contribution in [-0.2, 0) is 0 Å². The summed E-state index contributed by atoms with van der Waals surface area (Å²) in [4.78, 5) is 2.56. The van der Waals surface area contributed by atoms with E-state index < -0.39 is 8.80 Å². The van der Waals surface area contributed by atoms with Gasteiger partial charge < -0.3 is 10.2 Å². The molecule has 3 heteroatoms. The summed E-state index contributed by atoms with van der Waals surface area (Å²) < 4.78 is 0. The summed E-state index contributed by atoms with van der Waals surface area (Å²) in [6.45, 7) is 14.4. The highest BCUT2D eigenvalue weighted by Gasteiger charge is 2.34. The zero-order valence-electron chi connectivity index (χ0n) is 10.3. The molecule has 14 heavy (non-hydrogen) atoms. The van der Waals surface area contributed by atoms with Gasteiger partial charge in [-0.3, -0.25) is 0 Å². The Kier molecular flexibility index (Phi) is 4.61. The van der Waals surface area contributed by atoms with Crippen molar-refractivity contribution in [1.29, 1.82) is 0 Å². The van der Waals surface area contributed by atoms with Gasteiger partial charge in [0.25, 0.3) is 0 Å². The summed E-state index contributed by atoms with van der Waals surface area (Å²) in [7, 11) is -0.527. The van der Waals surface area contributed by atoms with Crippen molar-refractivity contribution in [2.45, 2.75) is 44.9 Å². The van der Waals surface area contributed by atoms with Gasteiger partial charge in [-0.25, -0.2) is 0 Å². The van der Waals surface area contributed by atoms with Crippen LogP contribution in [0.3, 0.4) is 0 Å². The average molecular weight is 214 g/mol. The molecule has 0 saturated carbocycles. The second-order valence-electron chi connectivity index (χ2n) is 4.95. The predicted octanol–water partition coefficient (Wildman–Crippen LogP) is 1.48. The van der Waals surface area contributed by atoms with E-state index in [4.69, 9.17) is 0 Å². The Labute approximate surface area is 90.7 Å². The molecule has 1 aliphatic heterocycles. The molecule has 1 atom stereocenters. The minimum absolute atomic E-state index is 0.507. The normalized spacial score (nSPS) is 25.9. The average Bonchev–Trinajstić information content (AvgIpc) is 2.47. The fraction of sp³-hybridized carbons (Fsp3) is 1.00. The Morgan fingerprint density at radius 1 is 1.29 bits per heavy atom. The molecule has 84 valence electrons. The van der Waals surface area contributed by atoms with E-state index in [1.54, 1.807) is 0 Å². The van der Waals surface area contributed by atoms with E-state index in [-0.39, 0.29) is 0 Å². The van der Waals surface area contributed by atoms with E-state index in [1.807, 2.05) is 0 Å². The van der Waals surface area contributed by atoms with Crippen LogP contribution < -0.4 is 5.32 Å². The fourth-order valence-electron chi connectivity index (χ4n) is 2.46. The molecule has 1 unspecified atom stereocenters. The fourth-order valence-corrected chi connectivity index (χ4v) is 5.79. The molecule has 0 aliphatic carbocycles. The molecule has 0 aromatic rings. The molecule has 2 nitrogen and oxygen atoms in total. The van der Waals surface area contributed by atoms with Gasteiger partial charge in [-0.15, -0.1) is 0 Å². The lowest BCUT2D eigenvalue weighted by Crippen LogP contribution is -2.45. The molecule has 1 saturated heterocycles. The Morgan fingerprint density at radius 2 is 1.93 bits per heavy atom. The second kappa shape index (κ2) is 5.28. The first kappa shape index (κ1) is 12.2. The summed E-state index contributed by atoms with van der Waals surface area (Å²) in [6.07, 6.45) is 0. The van der Waals surface area contributed by atoms with Gasteiger partial charge in [0.1, 0.15) is 0 Å². The van der Waals surface area contributed by atoms with E-state index in [0.29, 0.717) is 5.16 Å². The van der Waals surface area contributed by atoms with Crippen LogP contribution in [0.15, 0.2) is 0 Å². The molecule has 0 aromatic carbocycles. The van der Waals surface area contributed by atoms with Crippen LogP contribution in [0.5, 0.6) is 0 Å². The molecule has 0 bridgehead atoms. The highest BCUT2D eigenvalue weighted by atomic mass is 28.3. The van der Waals surface area contributed by atoms with E-state index in [1.165, 1.54) is 38.3 Å². The first-order valence-corrected chi connectivity index (χ1v) is 8.28. The van der Waals surface area contributed by atoms with Gasteiger partial charge >= 0.3 is 0 Å². The summed E-state index contributed by atoms with van der Waals surface area (Å²) in [6, 6.07) is 2.98. The predicted molar refractivity (Wildman–Crippen MR) is 66.6 cm³/mol. The van der Waals surface area contributed by atoms with Crippen molar-refractivity contribution in [3.63, 3.8) is 0 Å². The smallest absolute Gasteiger partial charge is 0.0623 e. The van der Waals surface area contributed by atoms with Crippen LogP contribution in [0.1, 0.15) is 27.7 Å². The standard InChI is InChI=1S/C11H26N2Si/c1-5-13(6-2)8-10-14-9-7-12-11(14,3)4/h12,14H,5-10H2,1-4H3. The lowest BCUT2D eigenvalue weighted by molar-refractivity contribution is 0.319. The van der Waals surface area contributed by atoms with Crippen LogP contribution in [0.4, 0.5) is 0 Å². The third kappa shape index (κ3) is 3.07. The monoisotopic (exact) mass is 214 g/mol. The van der Waals surface area contributed by atoms with E-state index in [0.717, 1.165) is 0 Å². The summed E-state index contributed by atoms with van der Waals surface area (Å²) >= 11 is 0. The van der Waals surface area contributed by atoms with Gasteiger partial charge in [-0.1, -0.05) is 27.7 Å². The zero-order valence-corrected chi connectivity index (χ0v) is 11.4. The number of rotatable bonds is 5. The molecule has 0 spiro atoms. The molecule has 1 rings (SSSR count). The number of hydrogen-bond acceptors (Lipinski definition) is 2. The SMILES string of the molecule is CCN(CC)CC[SiH]1CCNC1(C)C. The first-order chi connectivity index (χ1) is 6.60. The van der Waals surface area contributed by atoms with Crippen molar-refractivity contribution < 1.29 is 0 Å². The van der Waals surface area contributed by atoms with E-state index >= 15 is 0 Å². The minimum Gasteiger partial charge on any atom is -0.315 e. The highest BCUT2D eigenvalue weighted by molar-refractivity contribution is 6.63. The Balaban J connectivity index is 2.30. The van der Waals surface area contributed by atoms with Crippen LogP contribution >= 0.6 is 0 Å².